The van der Waals surface area contributed by atoms with Gasteiger partial charge in [-0.15, -0.1) is 0 Å². The Balaban J connectivity index is 1.85. The van der Waals surface area contributed by atoms with Crippen molar-refractivity contribution >= 4 is 23.6 Å². The number of hydrogen-bond acceptors (Lipinski definition) is 6. The van der Waals surface area contributed by atoms with E-state index in [1.807, 2.05) is 38.1 Å². The van der Waals surface area contributed by atoms with E-state index in [4.69, 9.17) is 14.7 Å². The Morgan fingerprint density at radius 3 is 2.35 bits per heavy atom. The summed E-state index contributed by atoms with van der Waals surface area (Å²) in [6, 6.07) is 6.79. The van der Waals surface area contributed by atoms with Gasteiger partial charge >= 0.3 is 12.1 Å². The van der Waals surface area contributed by atoms with Gasteiger partial charge in [-0.2, -0.15) is 0 Å². The van der Waals surface area contributed by atoms with Crippen LogP contribution in [0.3, 0.4) is 0 Å². The molecule has 37 heavy (non-hydrogen) atoms. The fraction of sp³-hybridized carbons (Fsp3) is 0.556. The second-order valence-corrected chi connectivity index (χ2v) is 10.6. The van der Waals surface area contributed by atoms with Gasteiger partial charge in [0.1, 0.15) is 5.82 Å². The first kappa shape index (κ1) is 26.7. The second-order valence-electron chi connectivity index (χ2n) is 10.6. The van der Waals surface area contributed by atoms with Crippen molar-refractivity contribution < 1.29 is 19.4 Å². The largest absolute Gasteiger partial charge is 0.465 e. The van der Waals surface area contributed by atoms with Crippen LogP contribution >= 0.6 is 0 Å². The number of urea groups is 1. The van der Waals surface area contributed by atoms with E-state index < -0.39 is 6.09 Å². The molecule has 2 aliphatic heterocycles. The smallest absolute Gasteiger partial charge is 0.407 e. The Kier molecular flexibility index (Phi) is 7.87. The van der Waals surface area contributed by atoms with E-state index in [2.05, 4.69) is 36.3 Å². The molecule has 3 heterocycles. The number of morpholine rings is 1. The minimum absolute atomic E-state index is 0.0584. The molecule has 1 aromatic heterocycles. The lowest BCUT2D eigenvalue weighted by Gasteiger charge is -2.45. The SMILES string of the molecule is CCNC(=O)Nc1ccc(-c2nc3c(c(N4CCOCC4)n2)[C@H](C(C)(C)C)CN(C(=O)O)C3CC)cc1. The molecule has 2 aromatic rings. The van der Waals surface area contributed by atoms with Crippen LogP contribution in [0.2, 0.25) is 0 Å². The lowest BCUT2D eigenvalue weighted by molar-refractivity contribution is 0.0948. The van der Waals surface area contributed by atoms with Gasteiger partial charge in [0.15, 0.2) is 5.82 Å². The Hall–Kier alpha value is -3.40. The minimum Gasteiger partial charge on any atom is -0.465 e. The molecule has 4 rings (SSSR count). The molecule has 1 unspecified atom stereocenters. The van der Waals surface area contributed by atoms with Crippen LogP contribution in [0.4, 0.5) is 21.1 Å². The van der Waals surface area contributed by atoms with Crippen LogP contribution in [0.1, 0.15) is 64.3 Å². The van der Waals surface area contributed by atoms with E-state index in [9.17, 15) is 14.7 Å². The third-order valence-corrected chi connectivity index (χ3v) is 7.10. The van der Waals surface area contributed by atoms with Crippen molar-refractivity contribution in [2.45, 2.75) is 53.0 Å². The molecular formula is C27H38N6O4. The van der Waals surface area contributed by atoms with Gasteiger partial charge in [0.25, 0.3) is 0 Å². The maximum atomic E-state index is 12.3. The zero-order chi connectivity index (χ0) is 26.7. The van der Waals surface area contributed by atoms with Crippen LogP contribution in [0.5, 0.6) is 0 Å². The van der Waals surface area contributed by atoms with Crippen LogP contribution in [0, 0.1) is 5.41 Å². The van der Waals surface area contributed by atoms with Gasteiger partial charge in [-0.25, -0.2) is 19.6 Å². The number of carbonyl (C=O) groups is 2. The highest BCUT2D eigenvalue weighted by Crippen LogP contribution is 2.48. The summed E-state index contributed by atoms with van der Waals surface area (Å²) < 4.78 is 5.62. The summed E-state index contributed by atoms with van der Waals surface area (Å²) in [5.74, 6) is 1.36. The Morgan fingerprint density at radius 1 is 1.11 bits per heavy atom. The number of fused-ring (bicyclic) bond motifs is 1. The minimum atomic E-state index is -0.930. The predicted octanol–water partition coefficient (Wildman–Crippen LogP) is 4.70. The maximum Gasteiger partial charge on any atom is 0.407 e. The third-order valence-electron chi connectivity index (χ3n) is 7.10. The number of anilines is 2. The predicted molar refractivity (Wildman–Crippen MR) is 143 cm³/mol. The Labute approximate surface area is 218 Å². The van der Waals surface area contributed by atoms with Crippen molar-refractivity contribution in [1.29, 1.82) is 0 Å². The molecule has 3 amide bonds. The van der Waals surface area contributed by atoms with E-state index in [-0.39, 0.29) is 23.4 Å². The standard InChI is InChI=1S/C27H38N6O4/c1-6-20-22-21(19(27(3,4)5)16-33(20)26(35)36)24(32-12-14-37-15-13-32)31-23(30-22)17-8-10-18(11-9-17)29-25(34)28-7-2/h8-11,19-20H,6-7,12-16H2,1-5H3,(H,35,36)(H2,28,29,34)/t19-,20?/m1/s1. The fourth-order valence-corrected chi connectivity index (χ4v) is 5.14. The summed E-state index contributed by atoms with van der Waals surface area (Å²) in [4.78, 5) is 38.2. The van der Waals surface area contributed by atoms with E-state index in [0.29, 0.717) is 57.3 Å². The summed E-state index contributed by atoms with van der Waals surface area (Å²) in [7, 11) is 0. The molecule has 200 valence electrons. The molecule has 3 N–H and O–H groups in total. The summed E-state index contributed by atoms with van der Waals surface area (Å²) in [5, 5.41) is 15.6. The van der Waals surface area contributed by atoms with Gasteiger partial charge in [0, 0.05) is 48.9 Å². The number of hydrogen-bond donors (Lipinski definition) is 3. The quantitative estimate of drug-likeness (QED) is 0.533. The molecular weight excluding hydrogens is 472 g/mol. The van der Waals surface area contributed by atoms with Crippen molar-refractivity contribution in [2.24, 2.45) is 5.41 Å². The number of carboxylic acid groups (broad SMARTS) is 1. The number of benzene rings is 1. The van der Waals surface area contributed by atoms with Gasteiger partial charge < -0.3 is 25.4 Å². The van der Waals surface area contributed by atoms with E-state index in [0.717, 1.165) is 22.6 Å². The average Bonchev–Trinajstić information content (AvgIpc) is 2.87. The molecule has 10 nitrogen and oxygen atoms in total. The van der Waals surface area contributed by atoms with Crippen molar-refractivity contribution in [3.05, 3.63) is 35.5 Å². The highest BCUT2D eigenvalue weighted by molar-refractivity contribution is 5.89. The first-order valence-corrected chi connectivity index (χ1v) is 13.0. The molecule has 10 heteroatoms. The highest BCUT2D eigenvalue weighted by Gasteiger charge is 2.44. The molecule has 1 aromatic carbocycles. The monoisotopic (exact) mass is 510 g/mol. The van der Waals surface area contributed by atoms with Crippen molar-refractivity contribution in [3.63, 3.8) is 0 Å². The fourth-order valence-electron chi connectivity index (χ4n) is 5.14. The van der Waals surface area contributed by atoms with Crippen LogP contribution in [0.25, 0.3) is 11.4 Å². The first-order chi connectivity index (χ1) is 17.6. The number of amides is 3. The van der Waals surface area contributed by atoms with Crippen molar-refractivity contribution in [1.82, 2.24) is 20.2 Å². The zero-order valence-electron chi connectivity index (χ0n) is 22.4. The van der Waals surface area contributed by atoms with Gasteiger partial charge in [-0.05, 0) is 43.0 Å². The Morgan fingerprint density at radius 2 is 1.78 bits per heavy atom. The average molecular weight is 511 g/mol. The molecule has 2 aliphatic rings. The lowest BCUT2D eigenvalue weighted by atomic mass is 9.72. The van der Waals surface area contributed by atoms with Crippen LogP contribution in [0.15, 0.2) is 24.3 Å². The molecule has 0 saturated carbocycles. The maximum absolute atomic E-state index is 12.3. The zero-order valence-corrected chi connectivity index (χ0v) is 22.4. The van der Waals surface area contributed by atoms with Crippen LogP contribution in [-0.2, 0) is 4.74 Å². The molecule has 1 fully saturated rings. The molecule has 0 spiro atoms. The number of nitrogens with zero attached hydrogens (tertiary/aromatic N) is 4. The number of rotatable bonds is 5. The van der Waals surface area contributed by atoms with Crippen molar-refractivity contribution in [3.8, 4) is 11.4 Å². The van der Waals surface area contributed by atoms with E-state index in [1.54, 1.807) is 0 Å². The van der Waals surface area contributed by atoms with Gasteiger partial charge in [0.05, 0.1) is 24.9 Å². The molecule has 1 saturated heterocycles. The number of carbonyl (C=O) groups excluding carboxylic acids is 1. The molecule has 0 bridgehead atoms. The van der Waals surface area contributed by atoms with E-state index in [1.165, 1.54) is 4.90 Å². The topological polar surface area (TPSA) is 120 Å². The number of ether oxygens (including phenoxy) is 1. The van der Waals surface area contributed by atoms with Crippen molar-refractivity contribution in [2.75, 3.05) is 49.6 Å². The normalized spacial score (nSPS) is 19.8. The molecule has 0 aliphatic carbocycles. The molecule has 2 atom stereocenters. The Bertz CT molecular complexity index is 1120. The second kappa shape index (κ2) is 10.9. The van der Waals surface area contributed by atoms with Gasteiger partial charge in [-0.3, -0.25) is 4.90 Å². The number of aromatic nitrogens is 2. The lowest BCUT2D eigenvalue weighted by Crippen LogP contribution is -2.46. The van der Waals surface area contributed by atoms with Crippen LogP contribution < -0.4 is 15.5 Å². The highest BCUT2D eigenvalue weighted by atomic mass is 16.5. The summed E-state index contributed by atoms with van der Waals surface area (Å²) >= 11 is 0. The van der Waals surface area contributed by atoms with E-state index >= 15 is 0 Å². The first-order valence-electron chi connectivity index (χ1n) is 13.0. The molecule has 0 radical (unpaired) electrons. The number of nitrogens with one attached hydrogen (secondary N) is 2. The third kappa shape index (κ3) is 5.64. The summed E-state index contributed by atoms with van der Waals surface area (Å²) in [5.41, 5.74) is 3.11. The van der Waals surface area contributed by atoms with Crippen LogP contribution in [-0.4, -0.2) is 71.5 Å². The summed E-state index contributed by atoms with van der Waals surface area (Å²) in [6.07, 6.45) is -0.314. The van der Waals surface area contributed by atoms with Gasteiger partial charge in [-0.1, -0.05) is 27.7 Å². The van der Waals surface area contributed by atoms with Gasteiger partial charge in [0.2, 0.25) is 0 Å². The summed E-state index contributed by atoms with van der Waals surface area (Å²) in [6.45, 7) is 13.9.